The van der Waals surface area contributed by atoms with Gasteiger partial charge < -0.3 is 10.1 Å². The molecule has 0 saturated carbocycles. The highest BCUT2D eigenvalue weighted by Gasteiger charge is 2.22. The summed E-state index contributed by atoms with van der Waals surface area (Å²) >= 11 is 5.84. The van der Waals surface area contributed by atoms with Gasteiger partial charge in [-0.15, -0.1) is 0 Å². The van der Waals surface area contributed by atoms with Crippen LogP contribution in [0.3, 0.4) is 0 Å². The lowest BCUT2D eigenvalue weighted by atomic mass is 10.1. The smallest absolute Gasteiger partial charge is 0.259 e. The first kappa shape index (κ1) is 16.7. The third-order valence-corrected chi connectivity index (χ3v) is 5.32. The number of hydrogen-bond donors (Lipinski definition) is 2. The third-order valence-electron chi connectivity index (χ3n) is 3.35. The Bertz CT molecular complexity index is 535. The highest BCUT2D eigenvalue weighted by atomic mass is 35.5. The van der Waals surface area contributed by atoms with Gasteiger partial charge in [0.25, 0.3) is 10.0 Å². The van der Waals surface area contributed by atoms with E-state index in [0.29, 0.717) is 19.6 Å². The van der Waals surface area contributed by atoms with Crippen molar-refractivity contribution < 1.29 is 13.2 Å². The topological polar surface area (TPSA) is 85.2 Å². The number of piperidine rings is 1. The molecule has 1 aliphatic heterocycles. The summed E-state index contributed by atoms with van der Waals surface area (Å²) in [6.45, 7) is 2.83. The van der Waals surface area contributed by atoms with Gasteiger partial charge in [-0.05, 0) is 32.4 Å². The van der Waals surface area contributed by atoms with Crippen molar-refractivity contribution in [3.05, 3.63) is 11.2 Å². The zero-order chi connectivity index (χ0) is 15.3. The molecule has 9 heteroatoms. The second-order valence-corrected chi connectivity index (χ2v) is 7.08. The zero-order valence-corrected chi connectivity index (χ0v) is 13.6. The Morgan fingerprint density at radius 1 is 1.52 bits per heavy atom. The first-order valence-corrected chi connectivity index (χ1v) is 8.86. The predicted molar refractivity (Wildman–Crippen MR) is 79.9 cm³/mol. The fourth-order valence-electron chi connectivity index (χ4n) is 2.26. The SMILES string of the molecule is Cn1ncc(Cl)c1S(=O)(=O)NCCCOC1CCNCC1. The van der Waals surface area contributed by atoms with Gasteiger partial charge in [0, 0.05) is 20.2 Å². The van der Waals surface area contributed by atoms with Crippen molar-refractivity contribution in [2.75, 3.05) is 26.2 Å². The number of nitrogens with one attached hydrogen (secondary N) is 2. The van der Waals surface area contributed by atoms with Gasteiger partial charge in [0.1, 0.15) is 0 Å². The summed E-state index contributed by atoms with van der Waals surface area (Å²) < 4.78 is 33.7. The molecule has 1 fully saturated rings. The number of aromatic nitrogens is 2. The largest absolute Gasteiger partial charge is 0.378 e. The Labute approximate surface area is 130 Å². The number of halogens is 1. The van der Waals surface area contributed by atoms with E-state index in [4.69, 9.17) is 16.3 Å². The molecule has 1 aromatic rings. The van der Waals surface area contributed by atoms with E-state index in [1.807, 2.05) is 0 Å². The molecule has 0 unspecified atom stereocenters. The van der Waals surface area contributed by atoms with Crippen LogP contribution in [0.1, 0.15) is 19.3 Å². The lowest BCUT2D eigenvalue weighted by molar-refractivity contribution is 0.0322. The summed E-state index contributed by atoms with van der Waals surface area (Å²) in [6, 6.07) is 0. The van der Waals surface area contributed by atoms with Crippen molar-refractivity contribution in [1.82, 2.24) is 19.8 Å². The van der Waals surface area contributed by atoms with Gasteiger partial charge in [-0.2, -0.15) is 5.10 Å². The summed E-state index contributed by atoms with van der Waals surface area (Å²) in [5, 5.41) is 7.20. The molecule has 0 spiro atoms. The van der Waals surface area contributed by atoms with E-state index in [1.165, 1.54) is 10.9 Å². The molecule has 7 nitrogen and oxygen atoms in total. The molecule has 0 aliphatic carbocycles. The number of aryl methyl sites for hydroxylation is 1. The van der Waals surface area contributed by atoms with Gasteiger partial charge in [0.15, 0.2) is 5.03 Å². The molecular weight excluding hydrogens is 316 g/mol. The summed E-state index contributed by atoms with van der Waals surface area (Å²) in [5.41, 5.74) is 0. The average Bonchev–Trinajstić information content (AvgIpc) is 2.79. The Morgan fingerprint density at radius 2 is 2.24 bits per heavy atom. The maximum Gasteiger partial charge on any atom is 0.259 e. The second kappa shape index (κ2) is 7.55. The first-order chi connectivity index (χ1) is 10.0. The molecule has 2 N–H and O–H groups in total. The van der Waals surface area contributed by atoms with Crippen molar-refractivity contribution in [3.8, 4) is 0 Å². The zero-order valence-electron chi connectivity index (χ0n) is 12.0. The van der Waals surface area contributed by atoms with Crippen LogP contribution in [0.4, 0.5) is 0 Å². The van der Waals surface area contributed by atoms with Gasteiger partial charge in [-0.1, -0.05) is 11.6 Å². The maximum atomic E-state index is 12.1. The molecule has 2 rings (SSSR count). The molecule has 0 aromatic carbocycles. The van der Waals surface area contributed by atoms with Crippen LogP contribution in [-0.4, -0.2) is 50.5 Å². The molecular formula is C12H21ClN4O3S. The van der Waals surface area contributed by atoms with Gasteiger partial charge in [0.2, 0.25) is 0 Å². The number of rotatable bonds is 7. The van der Waals surface area contributed by atoms with E-state index in [9.17, 15) is 8.42 Å². The normalized spacial score (nSPS) is 17.2. The van der Waals surface area contributed by atoms with Crippen LogP contribution in [0.2, 0.25) is 5.02 Å². The maximum absolute atomic E-state index is 12.1. The molecule has 0 atom stereocenters. The van der Waals surface area contributed by atoms with Crippen LogP contribution in [0, 0.1) is 0 Å². The van der Waals surface area contributed by atoms with Crippen molar-refractivity contribution in [2.45, 2.75) is 30.4 Å². The van der Waals surface area contributed by atoms with Crippen molar-refractivity contribution in [1.29, 1.82) is 0 Å². The number of sulfonamides is 1. The molecule has 120 valence electrons. The van der Waals surface area contributed by atoms with Crippen molar-refractivity contribution in [3.63, 3.8) is 0 Å². The van der Waals surface area contributed by atoms with E-state index in [1.54, 1.807) is 7.05 Å². The number of ether oxygens (including phenoxy) is 1. The van der Waals surface area contributed by atoms with E-state index in [-0.39, 0.29) is 16.2 Å². The van der Waals surface area contributed by atoms with Crippen LogP contribution in [0.25, 0.3) is 0 Å². The summed E-state index contributed by atoms with van der Waals surface area (Å²) in [7, 11) is -2.09. The van der Waals surface area contributed by atoms with Gasteiger partial charge in [-0.25, -0.2) is 13.1 Å². The molecule has 0 amide bonds. The average molecular weight is 337 g/mol. The summed E-state index contributed by atoms with van der Waals surface area (Å²) in [4.78, 5) is 0. The molecule has 1 saturated heterocycles. The minimum absolute atomic E-state index is 0.0107. The van der Waals surface area contributed by atoms with E-state index in [2.05, 4.69) is 15.1 Å². The molecule has 1 aromatic heterocycles. The molecule has 21 heavy (non-hydrogen) atoms. The van der Waals surface area contributed by atoms with Crippen LogP contribution < -0.4 is 10.0 Å². The minimum atomic E-state index is -3.63. The van der Waals surface area contributed by atoms with Gasteiger partial charge >= 0.3 is 0 Å². The van der Waals surface area contributed by atoms with Crippen LogP contribution in [0.15, 0.2) is 11.2 Å². The Hall–Kier alpha value is -0.670. The quantitative estimate of drug-likeness (QED) is 0.709. The number of nitrogens with zero attached hydrogens (tertiary/aromatic N) is 2. The van der Waals surface area contributed by atoms with Crippen LogP contribution >= 0.6 is 11.6 Å². The third kappa shape index (κ3) is 4.65. The Kier molecular flexibility index (Phi) is 6.00. The highest BCUT2D eigenvalue weighted by Crippen LogP contribution is 2.19. The molecule has 1 aliphatic rings. The Morgan fingerprint density at radius 3 is 2.86 bits per heavy atom. The Balaban J connectivity index is 1.72. The molecule has 0 bridgehead atoms. The van der Waals surface area contributed by atoms with Crippen LogP contribution in [0.5, 0.6) is 0 Å². The minimum Gasteiger partial charge on any atom is -0.378 e. The lowest BCUT2D eigenvalue weighted by Gasteiger charge is -2.22. The first-order valence-electron chi connectivity index (χ1n) is 7.00. The summed E-state index contributed by atoms with van der Waals surface area (Å²) in [6.07, 6.45) is 4.25. The second-order valence-electron chi connectivity index (χ2n) is 4.99. The van der Waals surface area contributed by atoms with E-state index in [0.717, 1.165) is 25.9 Å². The van der Waals surface area contributed by atoms with E-state index < -0.39 is 10.0 Å². The van der Waals surface area contributed by atoms with Crippen molar-refractivity contribution in [2.24, 2.45) is 7.05 Å². The monoisotopic (exact) mass is 336 g/mol. The lowest BCUT2D eigenvalue weighted by Crippen LogP contribution is -2.33. The molecule has 2 heterocycles. The predicted octanol–water partition coefficient (Wildman–Crippen LogP) is 0.511. The number of hydrogen-bond acceptors (Lipinski definition) is 5. The standard InChI is InChI=1S/C12H21ClN4O3S/c1-17-12(11(13)9-15-17)21(18,19)16-5-2-8-20-10-3-6-14-7-4-10/h9-10,14,16H,2-8H2,1H3. The van der Waals surface area contributed by atoms with Gasteiger partial charge in [0.05, 0.1) is 17.3 Å². The van der Waals surface area contributed by atoms with Crippen LogP contribution in [-0.2, 0) is 21.8 Å². The van der Waals surface area contributed by atoms with Crippen molar-refractivity contribution >= 4 is 21.6 Å². The molecule has 0 radical (unpaired) electrons. The fraction of sp³-hybridized carbons (Fsp3) is 0.750. The van der Waals surface area contributed by atoms with Gasteiger partial charge in [-0.3, -0.25) is 4.68 Å². The summed E-state index contributed by atoms with van der Waals surface area (Å²) in [5.74, 6) is 0. The fourth-order valence-corrected chi connectivity index (χ4v) is 3.99. The van der Waals surface area contributed by atoms with E-state index >= 15 is 0 Å². The highest BCUT2D eigenvalue weighted by molar-refractivity contribution is 7.89.